The highest BCUT2D eigenvalue weighted by atomic mass is 19.1. The van der Waals surface area contributed by atoms with Crippen molar-refractivity contribution in [2.45, 2.75) is 51.7 Å². The highest BCUT2D eigenvalue weighted by molar-refractivity contribution is 5.94. The summed E-state index contributed by atoms with van der Waals surface area (Å²) in [5, 5.41) is 2.80. The maximum atomic E-state index is 13.2. The molecular formula is C30H31FN2O3. The monoisotopic (exact) mass is 486 g/mol. The van der Waals surface area contributed by atoms with E-state index < -0.39 is 6.10 Å². The summed E-state index contributed by atoms with van der Waals surface area (Å²) >= 11 is 0. The van der Waals surface area contributed by atoms with Crippen LogP contribution < -0.4 is 10.1 Å². The number of carbonyl (C=O) groups is 2. The Morgan fingerprint density at radius 1 is 1.06 bits per heavy atom. The van der Waals surface area contributed by atoms with Gasteiger partial charge in [-0.25, -0.2) is 4.39 Å². The predicted molar refractivity (Wildman–Crippen MR) is 137 cm³/mol. The molecule has 36 heavy (non-hydrogen) atoms. The van der Waals surface area contributed by atoms with E-state index in [0.717, 1.165) is 30.4 Å². The number of halogens is 1. The normalized spacial score (nSPS) is 17.8. The number of anilines is 1. The number of benzene rings is 3. The van der Waals surface area contributed by atoms with Crippen LogP contribution in [0.5, 0.6) is 5.75 Å². The van der Waals surface area contributed by atoms with Gasteiger partial charge in [-0.15, -0.1) is 0 Å². The number of nitrogens with one attached hydrogen (secondary N) is 1. The van der Waals surface area contributed by atoms with Gasteiger partial charge in [0, 0.05) is 18.2 Å². The molecule has 0 radical (unpaired) electrons. The van der Waals surface area contributed by atoms with E-state index in [0.29, 0.717) is 24.4 Å². The van der Waals surface area contributed by atoms with Gasteiger partial charge in [-0.1, -0.05) is 42.8 Å². The minimum atomic E-state index is -0.710. The van der Waals surface area contributed by atoms with E-state index in [4.69, 9.17) is 4.74 Å². The molecule has 1 fully saturated rings. The van der Waals surface area contributed by atoms with Crippen molar-refractivity contribution in [3.8, 4) is 5.75 Å². The van der Waals surface area contributed by atoms with Crippen LogP contribution in [0, 0.1) is 18.7 Å². The smallest absolute Gasteiger partial charge is 0.265 e. The minimum Gasteiger partial charge on any atom is -0.481 e. The average molecular weight is 487 g/mol. The number of carbonyl (C=O) groups excluding carboxylic acids is 2. The lowest BCUT2D eigenvalue weighted by Gasteiger charge is -2.38. The second-order valence-corrected chi connectivity index (χ2v) is 9.74. The Labute approximate surface area is 211 Å². The molecule has 3 aromatic rings. The third-order valence-electron chi connectivity index (χ3n) is 7.00. The van der Waals surface area contributed by atoms with Gasteiger partial charge in [-0.2, -0.15) is 0 Å². The predicted octanol–water partition coefficient (Wildman–Crippen LogP) is 5.81. The number of rotatable bonds is 7. The first-order valence-corrected chi connectivity index (χ1v) is 12.7. The number of fused-ring (bicyclic) bond motifs is 1. The maximum absolute atomic E-state index is 13.2. The molecule has 5 nitrogen and oxygen atoms in total. The molecule has 1 saturated carbocycles. The van der Waals surface area contributed by atoms with Gasteiger partial charge in [0.2, 0.25) is 5.91 Å². The molecule has 2 amide bonds. The van der Waals surface area contributed by atoms with Crippen molar-refractivity contribution in [3.63, 3.8) is 0 Å². The summed E-state index contributed by atoms with van der Waals surface area (Å²) in [6.45, 7) is 4.64. The molecule has 0 bridgehead atoms. The SMILES string of the molecule is CCC(Oc1ccc2c(c1)C(c1ccc(C)cc1)N(C(=O)C1CC1)CC2)C(=O)Nc1ccc(F)cc1. The van der Waals surface area contributed by atoms with Crippen LogP contribution in [0.25, 0.3) is 0 Å². The topological polar surface area (TPSA) is 58.6 Å². The number of aryl methyl sites for hydroxylation is 1. The first kappa shape index (κ1) is 24.0. The third-order valence-corrected chi connectivity index (χ3v) is 7.00. The molecular weight excluding hydrogens is 455 g/mol. The molecule has 0 saturated heterocycles. The summed E-state index contributed by atoms with van der Waals surface area (Å²) in [6, 6.07) is 19.8. The fourth-order valence-electron chi connectivity index (χ4n) is 4.82. The molecule has 2 atom stereocenters. The third kappa shape index (κ3) is 5.13. The van der Waals surface area contributed by atoms with Crippen LogP contribution in [0.2, 0.25) is 0 Å². The zero-order valence-corrected chi connectivity index (χ0v) is 20.7. The van der Waals surface area contributed by atoms with Crippen LogP contribution in [-0.4, -0.2) is 29.4 Å². The second-order valence-electron chi connectivity index (χ2n) is 9.74. The molecule has 0 aromatic heterocycles. The van der Waals surface area contributed by atoms with E-state index in [1.165, 1.54) is 35.4 Å². The molecule has 0 spiro atoms. The van der Waals surface area contributed by atoms with Crippen molar-refractivity contribution < 1.29 is 18.7 Å². The number of amides is 2. The van der Waals surface area contributed by atoms with Gasteiger partial charge < -0.3 is 15.0 Å². The standard InChI is InChI=1S/C30H31FN2O3/c1-3-27(29(34)32-24-13-11-23(31)12-14-24)36-25-15-10-20-16-17-33(30(35)22-8-9-22)28(26(20)18-25)21-6-4-19(2)5-7-21/h4-7,10-15,18,22,27-28H,3,8-9,16-17H2,1-2H3,(H,32,34). The van der Waals surface area contributed by atoms with Crippen LogP contribution in [0.15, 0.2) is 66.7 Å². The van der Waals surface area contributed by atoms with Crippen molar-refractivity contribution in [1.29, 1.82) is 0 Å². The number of hydrogen-bond acceptors (Lipinski definition) is 3. The van der Waals surface area contributed by atoms with Crippen molar-refractivity contribution in [3.05, 3.63) is 94.8 Å². The molecule has 3 aromatic carbocycles. The number of hydrogen-bond donors (Lipinski definition) is 1. The molecule has 5 rings (SSSR count). The first-order chi connectivity index (χ1) is 17.4. The molecule has 2 unspecified atom stereocenters. The van der Waals surface area contributed by atoms with Gasteiger partial charge in [0.15, 0.2) is 6.10 Å². The summed E-state index contributed by atoms with van der Waals surface area (Å²) < 4.78 is 19.4. The van der Waals surface area contributed by atoms with Crippen LogP contribution in [-0.2, 0) is 16.0 Å². The second kappa shape index (κ2) is 10.1. The highest BCUT2D eigenvalue weighted by Gasteiger charge is 2.39. The molecule has 2 aliphatic rings. The van der Waals surface area contributed by atoms with E-state index >= 15 is 0 Å². The fraction of sp³-hybridized carbons (Fsp3) is 0.333. The first-order valence-electron chi connectivity index (χ1n) is 12.7. The van der Waals surface area contributed by atoms with E-state index in [1.807, 2.05) is 24.0 Å². The van der Waals surface area contributed by atoms with E-state index in [2.05, 4.69) is 42.6 Å². The molecule has 186 valence electrons. The largest absolute Gasteiger partial charge is 0.481 e. The average Bonchev–Trinajstić information content (AvgIpc) is 3.74. The van der Waals surface area contributed by atoms with Gasteiger partial charge in [0.1, 0.15) is 11.6 Å². The van der Waals surface area contributed by atoms with Crippen LogP contribution >= 0.6 is 0 Å². The molecule has 6 heteroatoms. The van der Waals surface area contributed by atoms with Gasteiger partial charge in [-0.05, 0) is 85.7 Å². The zero-order chi connectivity index (χ0) is 25.2. The van der Waals surface area contributed by atoms with Gasteiger partial charge in [-0.3, -0.25) is 9.59 Å². The summed E-state index contributed by atoms with van der Waals surface area (Å²) in [5.74, 6) is 0.305. The fourth-order valence-corrected chi connectivity index (χ4v) is 4.82. The van der Waals surface area contributed by atoms with Crippen molar-refractivity contribution in [1.82, 2.24) is 4.90 Å². The van der Waals surface area contributed by atoms with E-state index in [9.17, 15) is 14.0 Å². The molecule has 1 N–H and O–H groups in total. The Bertz CT molecular complexity index is 1250. The van der Waals surface area contributed by atoms with Crippen molar-refractivity contribution in [2.24, 2.45) is 5.92 Å². The number of nitrogens with zero attached hydrogens (tertiary/aromatic N) is 1. The lowest BCUT2D eigenvalue weighted by atomic mass is 9.87. The lowest BCUT2D eigenvalue weighted by molar-refractivity contribution is -0.134. The quantitative estimate of drug-likeness (QED) is 0.458. The minimum absolute atomic E-state index is 0.138. The molecule has 1 aliphatic heterocycles. The Morgan fingerprint density at radius 3 is 2.44 bits per heavy atom. The molecule has 1 heterocycles. The van der Waals surface area contributed by atoms with Gasteiger partial charge in [0.25, 0.3) is 5.91 Å². The summed E-state index contributed by atoms with van der Waals surface area (Å²) in [5.41, 5.74) is 5.00. The summed E-state index contributed by atoms with van der Waals surface area (Å²) in [6.07, 6.45) is 2.48. The van der Waals surface area contributed by atoms with E-state index in [-0.39, 0.29) is 29.6 Å². The Balaban J connectivity index is 1.42. The van der Waals surface area contributed by atoms with Crippen LogP contribution in [0.1, 0.15) is 54.5 Å². The van der Waals surface area contributed by atoms with Gasteiger partial charge in [0.05, 0.1) is 6.04 Å². The van der Waals surface area contributed by atoms with E-state index in [1.54, 1.807) is 0 Å². The lowest BCUT2D eigenvalue weighted by Crippen LogP contribution is -2.41. The molecule has 1 aliphatic carbocycles. The van der Waals surface area contributed by atoms with Crippen LogP contribution in [0.4, 0.5) is 10.1 Å². The van der Waals surface area contributed by atoms with Crippen molar-refractivity contribution in [2.75, 3.05) is 11.9 Å². The zero-order valence-electron chi connectivity index (χ0n) is 20.7. The Morgan fingerprint density at radius 2 is 1.78 bits per heavy atom. The number of ether oxygens (including phenoxy) is 1. The maximum Gasteiger partial charge on any atom is 0.265 e. The Kier molecular flexibility index (Phi) is 6.77. The Hall–Kier alpha value is -3.67. The van der Waals surface area contributed by atoms with Gasteiger partial charge >= 0.3 is 0 Å². The summed E-state index contributed by atoms with van der Waals surface area (Å²) in [7, 11) is 0. The summed E-state index contributed by atoms with van der Waals surface area (Å²) in [4.78, 5) is 28.1. The van der Waals surface area contributed by atoms with Crippen LogP contribution in [0.3, 0.4) is 0 Å². The van der Waals surface area contributed by atoms with Crippen molar-refractivity contribution >= 4 is 17.5 Å². The highest BCUT2D eigenvalue weighted by Crippen LogP contribution is 2.41.